The number of rotatable bonds is 0. The van der Waals surface area contributed by atoms with Crippen LogP contribution in [0, 0.1) is 11.8 Å². The minimum absolute atomic E-state index is 0.874. The van der Waals surface area contributed by atoms with E-state index in [1.54, 1.807) is 0 Å². The molecule has 0 aromatic rings. The summed E-state index contributed by atoms with van der Waals surface area (Å²) in [4.78, 5) is 0. The third kappa shape index (κ3) is 1.58. The molecule has 1 saturated carbocycles. The van der Waals surface area contributed by atoms with Gasteiger partial charge < -0.3 is 5.32 Å². The van der Waals surface area contributed by atoms with Crippen LogP contribution in [0.15, 0.2) is 0 Å². The molecule has 2 aliphatic heterocycles. The monoisotopic (exact) mass is 153 g/mol. The van der Waals surface area contributed by atoms with E-state index >= 15 is 0 Å². The molecule has 1 N–H and O–H groups in total. The van der Waals surface area contributed by atoms with Crippen LogP contribution in [-0.2, 0) is 0 Å². The highest BCUT2D eigenvalue weighted by Crippen LogP contribution is 2.30. The lowest BCUT2D eigenvalue weighted by molar-refractivity contribution is 0.193. The van der Waals surface area contributed by atoms with Crippen molar-refractivity contribution in [1.29, 1.82) is 0 Å². The Morgan fingerprint density at radius 1 is 1.09 bits per heavy atom. The SMILES string of the molecule is CC1CCCC2CCC1CN2. The fourth-order valence-electron chi connectivity index (χ4n) is 2.59. The van der Waals surface area contributed by atoms with E-state index in [-0.39, 0.29) is 0 Å². The summed E-state index contributed by atoms with van der Waals surface area (Å²) in [5.74, 6) is 1.97. The maximum Gasteiger partial charge on any atom is 0.00672 e. The molecule has 3 atom stereocenters. The summed E-state index contributed by atoms with van der Waals surface area (Å²) >= 11 is 0. The van der Waals surface area contributed by atoms with Gasteiger partial charge in [0.05, 0.1) is 0 Å². The first kappa shape index (κ1) is 7.60. The second kappa shape index (κ2) is 3.14. The summed E-state index contributed by atoms with van der Waals surface area (Å²) in [7, 11) is 0. The van der Waals surface area contributed by atoms with Crippen molar-refractivity contribution in [3.63, 3.8) is 0 Å². The largest absolute Gasteiger partial charge is 0.314 e. The van der Waals surface area contributed by atoms with Gasteiger partial charge in [-0.1, -0.05) is 19.8 Å². The van der Waals surface area contributed by atoms with Gasteiger partial charge in [0.25, 0.3) is 0 Å². The number of hydrogen-bond donors (Lipinski definition) is 1. The Kier molecular flexibility index (Phi) is 2.17. The maximum atomic E-state index is 3.65. The van der Waals surface area contributed by atoms with Gasteiger partial charge in [0, 0.05) is 6.04 Å². The van der Waals surface area contributed by atoms with Gasteiger partial charge >= 0.3 is 0 Å². The van der Waals surface area contributed by atoms with Gasteiger partial charge in [0.15, 0.2) is 0 Å². The zero-order valence-corrected chi connectivity index (χ0v) is 7.47. The van der Waals surface area contributed by atoms with Crippen molar-refractivity contribution >= 4 is 0 Å². The van der Waals surface area contributed by atoms with Crippen LogP contribution in [0.4, 0.5) is 0 Å². The first-order chi connectivity index (χ1) is 5.36. The van der Waals surface area contributed by atoms with E-state index in [0.29, 0.717) is 0 Å². The molecule has 2 saturated heterocycles. The van der Waals surface area contributed by atoms with Crippen molar-refractivity contribution in [3.05, 3.63) is 0 Å². The lowest BCUT2D eigenvalue weighted by atomic mass is 9.78. The van der Waals surface area contributed by atoms with Crippen molar-refractivity contribution in [1.82, 2.24) is 5.32 Å². The van der Waals surface area contributed by atoms with Crippen LogP contribution in [0.25, 0.3) is 0 Å². The quantitative estimate of drug-likeness (QED) is 0.562. The van der Waals surface area contributed by atoms with E-state index in [4.69, 9.17) is 0 Å². The van der Waals surface area contributed by atoms with Gasteiger partial charge in [-0.2, -0.15) is 0 Å². The molecule has 0 spiro atoms. The third-order valence-corrected chi connectivity index (χ3v) is 3.57. The fraction of sp³-hybridized carbons (Fsp3) is 1.00. The van der Waals surface area contributed by atoms with E-state index in [1.165, 1.54) is 38.6 Å². The summed E-state index contributed by atoms with van der Waals surface area (Å²) in [6.07, 6.45) is 7.28. The number of hydrogen-bond acceptors (Lipinski definition) is 1. The van der Waals surface area contributed by atoms with Crippen molar-refractivity contribution in [2.24, 2.45) is 11.8 Å². The van der Waals surface area contributed by atoms with Crippen LogP contribution in [0.5, 0.6) is 0 Å². The van der Waals surface area contributed by atoms with Crippen LogP contribution in [-0.4, -0.2) is 12.6 Å². The molecule has 11 heavy (non-hydrogen) atoms. The van der Waals surface area contributed by atoms with E-state index in [9.17, 15) is 0 Å². The Bertz CT molecular complexity index is 122. The van der Waals surface area contributed by atoms with E-state index < -0.39 is 0 Å². The average Bonchev–Trinajstić information content (AvgIpc) is 2.01. The molecule has 1 nitrogen and oxygen atoms in total. The standard InChI is InChI=1S/C10H19N/c1-8-3-2-4-10-6-5-9(8)7-11-10/h8-11H,2-7H2,1H3. The smallest absolute Gasteiger partial charge is 0.00672 e. The molecule has 1 heteroatoms. The Morgan fingerprint density at radius 2 is 2.00 bits per heavy atom. The van der Waals surface area contributed by atoms with Crippen molar-refractivity contribution in [2.75, 3.05) is 6.54 Å². The van der Waals surface area contributed by atoms with Gasteiger partial charge in [-0.25, -0.2) is 0 Å². The van der Waals surface area contributed by atoms with Crippen LogP contribution < -0.4 is 5.32 Å². The number of fused-ring (bicyclic) bond motifs is 5. The molecule has 0 aromatic heterocycles. The van der Waals surface area contributed by atoms with Crippen LogP contribution in [0.1, 0.15) is 39.0 Å². The highest BCUT2D eigenvalue weighted by molar-refractivity contribution is 4.83. The Morgan fingerprint density at radius 3 is 2.73 bits per heavy atom. The molecular formula is C10H19N. The molecule has 3 rings (SSSR count). The molecule has 3 unspecified atom stereocenters. The molecule has 2 heterocycles. The van der Waals surface area contributed by atoms with Gasteiger partial charge in [0.1, 0.15) is 0 Å². The minimum atomic E-state index is 0.874. The molecule has 1 aliphatic carbocycles. The topological polar surface area (TPSA) is 12.0 Å². The van der Waals surface area contributed by atoms with Crippen LogP contribution in [0.3, 0.4) is 0 Å². The summed E-state index contributed by atoms with van der Waals surface area (Å²) in [6.45, 7) is 3.73. The summed E-state index contributed by atoms with van der Waals surface area (Å²) in [5.41, 5.74) is 0. The van der Waals surface area contributed by atoms with Gasteiger partial charge in [-0.15, -0.1) is 0 Å². The summed E-state index contributed by atoms with van der Waals surface area (Å²) < 4.78 is 0. The minimum Gasteiger partial charge on any atom is -0.314 e. The first-order valence-electron chi connectivity index (χ1n) is 5.09. The molecule has 64 valence electrons. The molecule has 0 aromatic carbocycles. The molecule has 3 fully saturated rings. The van der Waals surface area contributed by atoms with Crippen LogP contribution >= 0.6 is 0 Å². The number of piperidine rings is 1. The van der Waals surface area contributed by atoms with Gasteiger partial charge in [-0.3, -0.25) is 0 Å². The van der Waals surface area contributed by atoms with Crippen molar-refractivity contribution in [2.45, 2.75) is 45.1 Å². The fourth-order valence-corrected chi connectivity index (χ4v) is 2.59. The first-order valence-corrected chi connectivity index (χ1v) is 5.09. The Balaban J connectivity index is 2.00. The highest BCUT2D eigenvalue weighted by atomic mass is 14.9. The molecule has 0 radical (unpaired) electrons. The van der Waals surface area contributed by atoms with Crippen LogP contribution in [0.2, 0.25) is 0 Å². The average molecular weight is 153 g/mol. The molecular weight excluding hydrogens is 134 g/mol. The van der Waals surface area contributed by atoms with Gasteiger partial charge in [-0.05, 0) is 37.6 Å². The second-order valence-corrected chi connectivity index (χ2v) is 4.35. The summed E-state index contributed by atoms with van der Waals surface area (Å²) in [5, 5.41) is 3.65. The zero-order valence-electron chi connectivity index (χ0n) is 7.47. The number of nitrogens with one attached hydrogen (secondary N) is 1. The molecule has 3 aliphatic rings. The third-order valence-electron chi connectivity index (χ3n) is 3.57. The molecule has 2 bridgehead atoms. The normalized spacial score (nSPS) is 45.0. The van der Waals surface area contributed by atoms with E-state index in [1.807, 2.05) is 0 Å². The Hall–Kier alpha value is -0.0400. The second-order valence-electron chi connectivity index (χ2n) is 4.35. The predicted molar refractivity (Wildman–Crippen MR) is 47.5 cm³/mol. The highest BCUT2D eigenvalue weighted by Gasteiger charge is 2.26. The Labute approximate surface area is 69.6 Å². The molecule has 0 amide bonds. The van der Waals surface area contributed by atoms with Crippen molar-refractivity contribution in [3.8, 4) is 0 Å². The van der Waals surface area contributed by atoms with Crippen molar-refractivity contribution < 1.29 is 0 Å². The maximum absolute atomic E-state index is 3.65. The lowest BCUT2D eigenvalue weighted by Crippen LogP contribution is -2.42. The summed E-state index contributed by atoms with van der Waals surface area (Å²) in [6, 6.07) is 0.874. The van der Waals surface area contributed by atoms with Gasteiger partial charge in [0.2, 0.25) is 0 Å². The van der Waals surface area contributed by atoms with E-state index in [2.05, 4.69) is 12.2 Å². The predicted octanol–water partition coefficient (Wildman–Crippen LogP) is 2.17. The zero-order chi connectivity index (χ0) is 7.68. The van der Waals surface area contributed by atoms with E-state index in [0.717, 1.165) is 17.9 Å². The lowest BCUT2D eigenvalue weighted by Gasteiger charge is -2.36.